The van der Waals surface area contributed by atoms with Gasteiger partial charge in [-0.2, -0.15) is 0 Å². The molecule has 0 aromatic heterocycles. The number of rotatable bonds is 8. The van der Waals surface area contributed by atoms with Gasteiger partial charge in [0.1, 0.15) is 17.2 Å². The van der Waals surface area contributed by atoms with Gasteiger partial charge < -0.3 is 19.5 Å². The van der Waals surface area contributed by atoms with E-state index < -0.39 is 0 Å². The normalized spacial score (nSPS) is 11.4. The molecule has 0 saturated carbocycles. The summed E-state index contributed by atoms with van der Waals surface area (Å²) in [5.74, 6) is 1.48. The monoisotopic (exact) mass is 391 g/mol. The van der Waals surface area contributed by atoms with E-state index in [1.165, 1.54) is 5.56 Å². The van der Waals surface area contributed by atoms with Crippen molar-refractivity contribution in [2.24, 2.45) is 0 Å². The quantitative estimate of drug-likeness (QED) is 0.622. The Bertz CT molecular complexity index is 917. The molecule has 1 amide bonds. The standard InChI is InChI=1S/C24H25NO4/c1-17-9-11-19(12-10-17)24(18-7-5-4-6-8-18)25-23(26)16-29-22-14-20(27-2)13-21(15-22)28-3/h4-15,24H,16H2,1-3H3,(H,25,26)/t24-/m1/s1. The fourth-order valence-electron chi connectivity index (χ4n) is 2.98. The van der Waals surface area contributed by atoms with Crippen LogP contribution in [0.25, 0.3) is 0 Å². The van der Waals surface area contributed by atoms with E-state index >= 15 is 0 Å². The number of aryl methyl sites for hydroxylation is 1. The highest BCUT2D eigenvalue weighted by Gasteiger charge is 2.17. The summed E-state index contributed by atoms with van der Waals surface area (Å²) in [5.41, 5.74) is 3.19. The van der Waals surface area contributed by atoms with Crippen LogP contribution in [0.3, 0.4) is 0 Å². The van der Waals surface area contributed by atoms with Crippen LogP contribution in [0.15, 0.2) is 72.8 Å². The van der Waals surface area contributed by atoms with Gasteiger partial charge in [-0.15, -0.1) is 0 Å². The summed E-state index contributed by atoms with van der Waals surface area (Å²) < 4.78 is 16.1. The lowest BCUT2D eigenvalue weighted by Crippen LogP contribution is -2.33. The van der Waals surface area contributed by atoms with Crippen molar-refractivity contribution in [3.63, 3.8) is 0 Å². The summed E-state index contributed by atoms with van der Waals surface area (Å²) in [6, 6.07) is 22.9. The first-order valence-corrected chi connectivity index (χ1v) is 9.36. The zero-order chi connectivity index (χ0) is 20.6. The first-order chi connectivity index (χ1) is 14.1. The molecule has 0 radical (unpaired) electrons. The fraction of sp³-hybridized carbons (Fsp3) is 0.208. The van der Waals surface area contributed by atoms with Gasteiger partial charge in [0, 0.05) is 18.2 Å². The van der Waals surface area contributed by atoms with E-state index in [2.05, 4.69) is 5.32 Å². The number of carbonyl (C=O) groups is 1. The summed E-state index contributed by atoms with van der Waals surface area (Å²) in [4.78, 5) is 12.7. The predicted octanol–water partition coefficient (Wildman–Crippen LogP) is 4.30. The molecule has 1 atom stereocenters. The van der Waals surface area contributed by atoms with E-state index in [1.54, 1.807) is 32.4 Å². The molecule has 150 valence electrons. The van der Waals surface area contributed by atoms with E-state index in [1.807, 2.05) is 61.5 Å². The van der Waals surface area contributed by atoms with Gasteiger partial charge in [-0.05, 0) is 18.1 Å². The average molecular weight is 391 g/mol. The van der Waals surface area contributed by atoms with Crippen LogP contribution in [0, 0.1) is 6.92 Å². The van der Waals surface area contributed by atoms with Gasteiger partial charge in [-0.25, -0.2) is 0 Å². The molecule has 0 aliphatic carbocycles. The van der Waals surface area contributed by atoms with Crippen molar-refractivity contribution in [1.29, 1.82) is 0 Å². The fourth-order valence-corrected chi connectivity index (χ4v) is 2.98. The van der Waals surface area contributed by atoms with E-state index in [-0.39, 0.29) is 18.6 Å². The Balaban J connectivity index is 1.73. The lowest BCUT2D eigenvalue weighted by molar-refractivity contribution is -0.123. The first-order valence-electron chi connectivity index (χ1n) is 9.36. The van der Waals surface area contributed by atoms with Crippen molar-refractivity contribution in [2.45, 2.75) is 13.0 Å². The molecule has 3 aromatic carbocycles. The second-order valence-electron chi connectivity index (χ2n) is 6.66. The topological polar surface area (TPSA) is 56.8 Å². The minimum atomic E-state index is -0.257. The molecule has 5 heteroatoms. The van der Waals surface area contributed by atoms with Gasteiger partial charge in [-0.3, -0.25) is 4.79 Å². The molecule has 3 rings (SSSR count). The van der Waals surface area contributed by atoms with E-state index in [0.29, 0.717) is 17.2 Å². The van der Waals surface area contributed by atoms with E-state index in [9.17, 15) is 4.79 Å². The third-order valence-electron chi connectivity index (χ3n) is 4.54. The van der Waals surface area contributed by atoms with Gasteiger partial charge in [0.05, 0.1) is 20.3 Å². The lowest BCUT2D eigenvalue weighted by Gasteiger charge is -2.20. The molecular weight excluding hydrogens is 366 g/mol. The zero-order valence-corrected chi connectivity index (χ0v) is 16.8. The second-order valence-corrected chi connectivity index (χ2v) is 6.66. The molecule has 3 aromatic rings. The molecule has 0 heterocycles. The average Bonchev–Trinajstić information content (AvgIpc) is 2.77. The lowest BCUT2D eigenvalue weighted by atomic mass is 9.98. The number of ether oxygens (including phenoxy) is 3. The summed E-state index contributed by atoms with van der Waals surface area (Å²) in [6.07, 6.45) is 0. The first kappa shape index (κ1) is 20.3. The van der Waals surface area contributed by atoms with Crippen LogP contribution in [-0.4, -0.2) is 26.7 Å². The van der Waals surface area contributed by atoms with Gasteiger partial charge in [0.2, 0.25) is 0 Å². The highest BCUT2D eigenvalue weighted by atomic mass is 16.5. The number of nitrogens with one attached hydrogen (secondary N) is 1. The van der Waals surface area contributed by atoms with Crippen molar-refractivity contribution in [1.82, 2.24) is 5.32 Å². The third kappa shape index (κ3) is 5.51. The van der Waals surface area contributed by atoms with E-state index in [4.69, 9.17) is 14.2 Å². The Morgan fingerprint density at radius 1 is 0.828 bits per heavy atom. The molecule has 0 bridgehead atoms. The third-order valence-corrected chi connectivity index (χ3v) is 4.54. The smallest absolute Gasteiger partial charge is 0.258 e. The molecule has 0 spiro atoms. The number of methoxy groups -OCH3 is 2. The predicted molar refractivity (Wildman–Crippen MR) is 113 cm³/mol. The highest BCUT2D eigenvalue weighted by molar-refractivity contribution is 5.78. The molecule has 29 heavy (non-hydrogen) atoms. The maximum Gasteiger partial charge on any atom is 0.258 e. The zero-order valence-electron chi connectivity index (χ0n) is 16.8. The highest BCUT2D eigenvalue weighted by Crippen LogP contribution is 2.27. The van der Waals surface area contributed by atoms with Crippen molar-refractivity contribution < 1.29 is 19.0 Å². The van der Waals surface area contributed by atoms with Crippen LogP contribution in [0.1, 0.15) is 22.7 Å². The van der Waals surface area contributed by atoms with Crippen LogP contribution in [-0.2, 0) is 4.79 Å². The van der Waals surface area contributed by atoms with Gasteiger partial charge in [0.25, 0.3) is 5.91 Å². The number of amides is 1. The second kappa shape index (κ2) is 9.64. The maximum atomic E-state index is 12.7. The molecule has 5 nitrogen and oxygen atoms in total. The molecular formula is C24H25NO4. The Morgan fingerprint density at radius 2 is 1.38 bits per heavy atom. The minimum absolute atomic E-state index is 0.120. The molecule has 1 N–H and O–H groups in total. The van der Waals surface area contributed by atoms with E-state index in [0.717, 1.165) is 11.1 Å². The number of benzene rings is 3. The molecule has 0 fully saturated rings. The largest absolute Gasteiger partial charge is 0.496 e. The molecule has 0 unspecified atom stereocenters. The Morgan fingerprint density at radius 3 is 1.97 bits per heavy atom. The Kier molecular flexibility index (Phi) is 6.74. The number of hydrogen-bond acceptors (Lipinski definition) is 4. The SMILES string of the molecule is COc1cc(OC)cc(OCC(=O)N[C@H](c2ccccc2)c2ccc(C)cc2)c1. The minimum Gasteiger partial charge on any atom is -0.496 e. The van der Waals surface area contributed by atoms with Crippen LogP contribution in [0.4, 0.5) is 0 Å². The van der Waals surface area contributed by atoms with Gasteiger partial charge in [0.15, 0.2) is 6.61 Å². The maximum absolute atomic E-state index is 12.7. The van der Waals surface area contributed by atoms with Crippen molar-refractivity contribution in [2.75, 3.05) is 20.8 Å². The Hall–Kier alpha value is -3.47. The van der Waals surface area contributed by atoms with Gasteiger partial charge in [-0.1, -0.05) is 60.2 Å². The van der Waals surface area contributed by atoms with Gasteiger partial charge >= 0.3 is 0 Å². The molecule has 0 saturated heterocycles. The number of carbonyl (C=O) groups excluding carboxylic acids is 1. The van der Waals surface area contributed by atoms with Crippen LogP contribution >= 0.6 is 0 Å². The van der Waals surface area contributed by atoms with Crippen LogP contribution < -0.4 is 19.5 Å². The molecule has 0 aliphatic heterocycles. The summed E-state index contributed by atoms with van der Waals surface area (Å²) >= 11 is 0. The summed E-state index contributed by atoms with van der Waals surface area (Å²) in [5, 5.41) is 3.07. The van der Waals surface area contributed by atoms with Crippen molar-refractivity contribution >= 4 is 5.91 Å². The van der Waals surface area contributed by atoms with Crippen molar-refractivity contribution in [3.05, 3.63) is 89.5 Å². The summed E-state index contributed by atoms with van der Waals surface area (Å²) in [6.45, 7) is 1.92. The summed E-state index contributed by atoms with van der Waals surface area (Å²) in [7, 11) is 3.13. The van der Waals surface area contributed by atoms with Crippen LogP contribution in [0.5, 0.6) is 17.2 Å². The van der Waals surface area contributed by atoms with Crippen LogP contribution in [0.2, 0.25) is 0 Å². The van der Waals surface area contributed by atoms with Crippen molar-refractivity contribution in [3.8, 4) is 17.2 Å². The Labute approximate surface area is 171 Å². The number of hydrogen-bond donors (Lipinski definition) is 1. The molecule has 0 aliphatic rings.